The molecule has 2 saturated carbocycles. The Bertz CT molecular complexity index is 494. The summed E-state index contributed by atoms with van der Waals surface area (Å²) in [6.45, 7) is 12.4. The molecule has 2 aliphatic rings. The van der Waals surface area contributed by atoms with Gasteiger partial charge < -0.3 is 5.32 Å². The summed E-state index contributed by atoms with van der Waals surface area (Å²) in [4.78, 5) is 6.23. The number of rotatable bonds is 4. The van der Waals surface area contributed by atoms with Crippen molar-refractivity contribution in [2.45, 2.75) is 72.3 Å². The van der Waals surface area contributed by atoms with Gasteiger partial charge in [0.25, 0.3) is 0 Å². The second-order valence-electron chi connectivity index (χ2n) is 8.47. The zero-order valence-corrected chi connectivity index (χ0v) is 15.1. The normalized spacial score (nSPS) is 32.0. The minimum absolute atomic E-state index is 0.212. The van der Waals surface area contributed by atoms with Crippen LogP contribution in [0, 0.1) is 31.1 Å². The molecule has 1 aromatic rings. The fraction of sp³-hybridized carbons (Fsp3) is 0.833. The quantitative estimate of drug-likeness (QED) is 0.886. The lowest BCUT2D eigenvalue weighted by atomic mass is 9.70. The van der Waals surface area contributed by atoms with Crippen molar-refractivity contribution in [3.8, 4) is 0 Å². The maximum absolute atomic E-state index is 4.84. The molecule has 0 aromatic carbocycles. The van der Waals surface area contributed by atoms with Crippen LogP contribution in [0.4, 0.5) is 0 Å². The molecule has 2 bridgehead atoms. The van der Waals surface area contributed by atoms with Gasteiger partial charge in [0.15, 0.2) is 0 Å². The number of hydrogen-bond acceptors (Lipinski definition) is 3. The predicted molar refractivity (Wildman–Crippen MR) is 90.9 cm³/mol. The lowest BCUT2D eigenvalue weighted by Crippen LogP contribution is -2.47. The summed E-state index contributed by atoms with van der Waals surface area (Å²) in [7, 11) is 0. The Morgan fingerprint density at radius 1 is 1.29 bits per heavy atom. The van der Waals surface area contributed by atoms with Gasteiger partial charge in [-0.2, -0.15) is 0 Å². The number of fused-ring (bicyclic) bond motifs is 2. The van der Waals surface area contributed by atoms with E-state index in [2.05, 4.69) is 39.9 Å². The Balaban J connectivity index is 1.79. The fourth-order valence-corrected chi connectivity index (χ4v) is 5.50. The lowest BCUT2D eigenvalue weighted by Gasteiger charge is -2.40. The molecule has 0 radical (unpaired) electrons. The Kier molecular flexibility index (Phi) is 3.94. The average molecular weight is 307 g/mol. The maximum atomic E-state index is 4.84. The van der Waals surface area contributed by atoms with Crippen LogP contribution in [-0.2, 0) is 6.42 Å². The summed E-state index contributed by atoms with van der Waals surface area (Å²) in [6, 6.07) is 0. The zero-order valence-electron chi connectivity index (χ0n) is 14.3. The van der Waals surface area contributed by atoms with E-state index in [4.69, 9.17) is 4.98 Å². The summed E-state index contributed by atoms with van der Waals surface area (Å²) in [5, 5.41) is 5.18. The molecule has 1 aromatic heterocycles. The van der Waals surface area contributed by atoms with Crippen LogP contribution in [-0.4, -0.2) is 17.1 Å². The van der Waals surface area contributed by atoms with Crippen molar-refractivity contribution in [2.24, 2.45) is 17.3 Å². The molecule has 2 nitrogen and oxygen atoms in total. The number of thiazole rings is 1. The van der Waals surface area contributed by atoms with Gasteiger partial charge in [-0.1, -0.05) is 6.42 Å². The first-order valence-corrected chi connectivity index (χ1v) is 9.27. The van der Waals surface area contributed by atoms with Crippen LogP contribution in [0.25, 0.3) is 0 Å². The van der Waals surface area contributed by atoms with E-state index in [9.17, 15) is 0 Å². The predicted octanol–water partition coefficient (Wildman–Crippen LogP) is 4.50. The molecule has 2 aliphatic carbocycles. The van der Waals surface area contributed by atoms with E-state index in [0.717, 1.165) is 18.4 Å². The summed E-state index contributed by atoms with van der Waals surface area (Å²) < 4.78 is 0. The number of aryl methyl sites for hydroxylation is 2. The van der Waals surface area contributed by atoms with Crippen molar-refractivity contribution in [1.82, 2.24) is 10.3 Å². The molecular formula is C18H30N2S. The van der Waals surface area contributed by atoms with Gasteiger partial charge in [-0.05, 0) is 71.1 Å². The molecular weight excluding hydrogens is 276 g/mol. The highest BCUT2D eigenvalue weighted by molar-refractivity contribution is 7.11. The van der Waals surface area contributed by atoms with Crippen LogP contribution in [0.1, 0.15) is 62.0 Å². The van der Waals surface area contributed by atoms with E-state index in [1.807, 2.05) is 11.3 Å². The second-order valence-corrected chi connectivity index (χ2v) is 9.76. The first-order chi connectivity index (χ1) is 9.77. The minimum atomic E-state index is 0.212. The van der Waals surface area contributed by atoms with Crippen LogP contribution in [0.15, 0.2) is 0 Å². The molecule has 21 heavy (non-hydrogen) atoms. The van der Waals surface area contributed by atoms with E-state index in [1.54, 1.807) is 0 Å². The van der Waals surface area contributed by atoms with E-state index in [0.29, 0.717) is 5.41 Å². The molecule has 0 saturated heterocycles. The largest absolute Gasteiger partial charge is 0.311 e. The third-order valence-corrected chi connectivity index (χ3v) is 6.72. The van der Waals surface area contributed by atoms with Gasteiger partial charge in [-0.25, -0.2) is 4.98 Å². The molecule has 3 unspecified atom stereocenters. The molecule has 0 amide bonds. The molecule has 0 aliphatic heterocycles. The van der Waals surface area contributed by atoms with Crippen LogP contribution in [0.3, 0.4) is 0 Å². The van der Waals surface area contributed by atoms with Crippen molar-refractivity contribution in [2.75, 3.05) is 6.54 Å². The molecule has 2 fully saturated rings. The first-order valence-electron chi connectivity index (χ1n) is 8.45. The van der Waals surface area contributed by atoms with Gasteiger partial charge in [0.05, 0.1) is 10.7 Å². The third-order valence-electron chi connectivity index (χ3n) is 5.65. The SMILES string of the molecule is Cc1nc(CC2(CNC(C)(C)C)CC3CCC2C3)sc1C. The highest BCUT2D eigenvalue weighted by atomic mass is 32.1. The monoisotopic (exact) mass is 306 g/mol. The van der Waals surface area contributed by atoms with Crippen molar-refractivity contribution in [1.29, 1.82) is 0 Å². The van der Waals surface area contributed by atoms with Crippen molar-refractivity contribution in [3.05, 3.63) is 15.6 Å². The van der Waals surface area contributed by atoms with Gasteiger partial charge >= 0.3 is 0 Å². The molecule has 3 rings (SSSR count). The molecule has 0 spiro atoms. The van der Waals surface area contributed by atoms with Crippen molar-refractivity contribution < 1.29 is 0 Å². The highest BCUT2D eigenvalue weighted by Gasteiger charge is 2.51. The first kappa shape index (κ1) is 15.5. The van der Waals surface area contributed by atoms with Gasteiger partial charge in [-0.3, -0.25) is 0 Å². The van der Waals surface area contributed by atoms with E-state index >= 15 is 0 Å². The second kappa shape index (κ2) is 5.34. The zero-order chi connectivity index (χ0) is 15.3. The summed E-state index contributed by atoms with van der Waals surface area (Å²) in [5.41, 5.74) is 1.91. The molecule has 1 N–H and O–H groups in total. The third kappa shape index (κ3) is 3.19. The van der Waals surface area contributed by atoms with Crippen LogP contribution < -0.4 is 5.32 Å². The van der Waals surface area contributed by atoms with E-state index < -0.39 is 0 Å². The minimum Gasteiger partial charge on any atom is -0.311 e. The Morgan fingerprint density at radius 3 is 2.52 bits per heavy atom. The van der Waals surface area contributed by atoms with Gasteiger partial charge in [0.1, 0.15) is 0 Å². The van der Waals surface area contributed by atoms with Crippen molar-refractivity contribution >= 4 is 11.3 Å². The van der Waals surface area contributed by atoms with E-state index in [1.165, 1.54) is 47.7 Å². The smallest absolute Gasteiger partial charge is 0.0937 e. The van der Waals surface area contributed by atoms with Gasteiger partial charge in [-0.15, -0.1) is 11.3 Å². The van der Waals surface area contributed by atoms with Gasteiger partial charge in [0.2, 0.25) is 0 Å². The number of aromatic nitrogens is 1. The molecule has 3 heteroatoms. The standard InChI is InChI=1S/C18H30N2S/c1-12-13(2)21-16(20-12)10-18(11-19-17(3,4)5)9-14-6-7-15(18)8-14/h14-15,19H,6-11H2,1-5H3. The molecule has 1 heterocycles. The number of hydrogen-bond donors (Lipinski definition) is 1. The lowest BCUT2D eigenvalue weighted by molar-refractivity contribution is 0.143. The summed E-state index contributed by atoms with van der Waals surface area (Å²) in [6.07, 6.45) is 6.99. The Morgan fingerprint density at radius 2 is 2.05 bits per heavy atom. The topological polar surface area (TPSA) is 24.9 Å². The Hall–Kier alpha value is -0.410. The fourth-order valence-electron chi connectivity index (χ4n) is 4.41. The molecule has 3 atom stereocenters. The molecule has 118 valence electrons. The maximum Gasteiger partial charge on any atom is 0.0937 e. The van der Waals surface area contributed by atoms with Crippen LogP contribution in [0.5, 0.6) is 0 Å². The number of nitrogens with zero attached hydrogens (tertiary/aromatic N) is 1. The Labute approximate surface area is 133 Å². The highest BCUT2D eigenvalue weighted by Crippen LogP contribution is 2.57. The van der Waals surface area contributed by atoms with Gasteiger partial charge in [0, 0.05) is 23.4 Å². The van der Waals surface area contributed by atoms with Crippen LogP contribution >= 0.6 is 11.3 Å². The summed E-state index contributed by atoms with van der Waals surface area (Å²) in [5.74, 6) is 1.90. The van der Waals surface area contributed by atoms with Crippen LogP contribution in [0.2, 0.25) is 0 Å². The average Bonchev–Trinajstić information content (AvgIpc) is 3.03. The summed E-state index contributed by atoms with van der Waals surface area (Å²) >= 11 is 1.92. The van der Waals surface area contributed by atoms with E-state index in [-0.39, 0.29) is 5.54 Å². The van der Waals surface area contributed by atoms with Crippen molar-refractivity contribution in [3.63, 3.8) is 0 Å². The number of nitrogens with one attached hydrogen (secondary N) is 1.